The molecule has 2 rings (SSSR count). The number of aryl methyl sites for hydroxylation is 1. The van der Waals surface area contributed by atoms with Gasteiger partial charge in [-0.05, 0) is 35.6 Å². The summed E-state index contributed by atoms with van der Waals surface area (Å²) in [5.74, 6) is 0.0243. The third kappa shape index (κ3) is 4.85. The van der Waals surface area contributed by atoms with E-state index < -0.39 is 0 Å². The summed E-state index contributed by atoms with van der Waals surface area (Å²) in [5, 5.41) is 3.19. The van der Waals surface area contributed by atoms with Crippen LogP contribution in [-0.4, -0.2) is 5.91 Å². The Hall–Kier alpha value is -2.29. The summed E-state index contributed by atoms with van der Waals surface area (Å²) in [6.45, 7) is 8.50. The molecule has 122 valence electrons. The number of hydrogen-bond acceptors (Lipinski definition) is 2. The van der Waals surface area contributed by atoms with E-state index in [1.807, 2.05) is 30.3 Å². The Morgan fingerprint density at radius 2 is 1.78 bits per heavy atom. The fraction of sp³-hybridized carbons (Fsp3) is 0.350. The molecule has 1 amide bonds. The molecule has 3 N–H and O–H groups in total. The Kier molecular flexibility index (Phi) is 5.09. The third-order valence-corrected chi connectivity index (χ3v) is 3.89. The highest BCUT2D eigenvalue weighted by atomic mass is 16.1. The van der Waals surface area contributed by atoms with Crippen molar-refractivity contribution in [2.24, 2.45) is 5.41 Å². The minimum atomic E-state index is -0.0649. The van der Waals surface area contributed by atoms with Gasteiger partial charge in [-0.25, -0.2) is 0 Å². The molecule has 2 aromatic carbocycles. The van der Waals surface area contributed by atoms with Crippen LogP contribution in [0.4, 0.5) is 5.69 Å². The molecule has 0 aromatic heterocycles. The number of nitrogens with two attached hydrogens (primary N) is 1. The SMILES string of the molecule is Cc1cccc(C(NC(=O)Cc2ccc(N)cc2)C(C)(C)C)c1. The standard InChI is InChI=1S/C20H26N2O/c1-14-6-5-7-16(12-14)19(20(2,3)4)22-18(23)13-15-8-10-17(21)11-9-15/h5-12,19H,13,21H2,1-4H3,(H,22,23). The Morgan fingerprint density at radius 3 is 2.35 bits per heavy atom. The van der Waals surface area contributed by atoms with E-state index in [9.17, 15) is 4.79 Å². The van der Waals surface area contributed by atoms with Crippen molar-refractivity contribution in [1.82, 2.24) is 5.32 Å². The highest BCUT2D eigenvalue weighted by Gasteiger charge is 2.27. The summed E-state index contributed by atoms with van der Waals surface area (Å²) in [6, 6.07) is 15.7. The second kappa shape index (κ2) is 6.86. The minimum absolute atomic E-state index is 0.0243. The van der Waals surface area contributed by atoms with Crippen molar-refractivity contribution in [3.8, 4) is 0 Å². The quantitative estimate of drug-likeness (QED) is 0.838. The summed E-state index contributed by atoms with van der Waals surface area (Å²) >= 11 is 0. The van der Waals surface area contributed by atoms with Crippen LogP contribution in [0.2, 0.25) is 0 Å². The monoisotopic (exact) mass is 310 g/mol. The molecule has 0 bridgehead atoms. The lowest BCUT2D eigenvalue weighted by Crippen LogP contribution is -2.37. The van der Waals surface area contributed by atoms with Crippen molar-refractivity contribution in [3.63, 3.8) is 0 Å². The maximum atomic E-state index is 12.5. The number of amides is 1. The van der Waals surface area contributed by atoms with Crippen LogP contribution < -0.4 is 11.1 Å². The zero-order valence-corrected chi connectivity index (χ0v) is 14.4. The van der Waals surface area contributed by atoms with Gasteiger partial charge in [0.05, 0.1) is 12.5 Å². The number of nitrogens with one attached hydrogen (secondary N) is 1. The van der Waals surface area contributed by atoms with Crippen LogP contribution in [0.25, 0.3) is 0 Å². The van der Waals surface area contributed by atoms with Crippen LogP contribution in [0.1, 0.15) is 43.5 Å². The molecular formula is C20H26N2O. The van der Waals surface area contributed by atoms with Crippen LogP contribution in [0.15, 0.2) is 48.5 Å². The van der Waals surface area contributed by atoms with Gasteiger partial charge in [-0.1, -0.05) is 62.7 Å². The largest absolute Gasteiger partial charge is 0.399 e. The van der Waals surface area contributed by atoms with Gasteiger partial charge in [-0.2, -0.15) is 0 Å². The van der Waals surface area contributed by atoms with Gasteiger partial charge < -0.3 is 11.1 Å². The molecule has 0 aliphatic carbocycles. The highest BCUT2D eigenvalue weighted by Crippen LogP contribution is 2.33. The molecule has 0 radical (unpaired) electrons. The summed E-state index contributed by atoms with van der Waals surface area (Å²) in [4.78, 5) is 12.5. The number of nitrogen functional groups attached to an aromatic ring is 1. The molecule has 0 aliphatic rings. The number of hydrogen-bond donors (Lipinski definition) is 2. The van der Waals surface area contributed by atoms with E-state index in [1.165, 1.54) is 5.56 Å². The molecule has 0 heterocycles. The zero-order chi connectivity index (χ0) is 17.0. The number of anilines is 1. The Labute approximate surface area is 138 Å². The van der Waals surface area contributed by atoms with E-state index in [4.69, 9.17) is 5.73 Å². The molecule has 23 heavy (non-hydrogen) atoms. The lowest BCUT2D eigenvalue weighted by atomic mass is 9.82. The molecule has 1 atom stereocenters. The molecular weight excluding hydrogens is 284 g/mol. The summed E-state index contributed by atoms with van der Waals surface area (Å²) in [5.41, 5.74) is 9.64. The maximum absolute atomic E-state index is 12.5. The fourth-order valence-electron chi connectivity index (χ4n) is 2.68. The zero-order valence-electron chi connectivity index (χ0n) is 14.4. The second-order valence-corrected chi connectivity index (χ2v) is 7.20. The van der Waals surface area contributed by atoms with E-state index in [2.05, 4.69) is 51.2 Å². The normalized spacial score (nSPS) is 12.7. The van der Waals surface area contributed by atoms with Crippen molar-refractivity contribution >= 4 is 11.6 Å². The van der Waals surface area contributed by atoms with Gasteiger partial charge in [-0.3, -0.25) is 4.79 Å². The van der Waals surface area contributed by atoms with Gasteiger partial charge >= 0.3 is 0 Å². The van der Waals surface area contributed by atoms with Crippen molar-refractivity contribution in [2.75, 3.05) is 5.73 Å². The van der Waals surface area contributed by atoms with E-state index >= 15 is 0 Å². The van der Waals surface area contributed by atoms with Crippen molar-refractivity contribution in [3.05, 3.63) is 65.2 Å². The van der Waals surface area contributed by atoms with Gasteiger partial charge in [0.1, 0.15) is 0 Å². The lowest BCUT2D eigenvalue weighted by molar-refractivity contribution is -0.122. The molecule has 0 aliphatic heterocycles. The molecule has 1 unspecified atom stereocenters. The molecule has 0 saturated carbocycles. The van der Waals surface area contributed by atoms with Gasteiger partial charge in [0.2, 0.25) is 5.91 Å². The van der Waals surface area contributed by atoms with E-state index in [0.717, 1.165) is 11.1 Å². The van der Waals surface area contributed by atoms with Crippen molar-refractivity contribution in [2.45, 2.75) is 40.2 Å². The van der Waals surface area contributed by atoms with Gasteiger partial charge in [0, 0.05) is 5.69 Å². The average Bonchev–Trinajstić information content (AvgIpc) is 2.46. The first-order valence-corrected chi connectivity index (χ1v) is 7.96. The maximum Gasteiger partial charge on any atom is 0.224 e. The minimum Gasteiger partial charge on any atom is -0.399 e. The van der Waals surface area contributed by atoms with E-state index in [-0.39, 0.29) is 17.4 Å². The Bertz CT molecular complexity index is 669. The Balaban J connectivity index is 2.15. The van der Waals surface area contributed by atoms with E-state index in [0.29, 0.717) is 12.1 Å². The van der Waals surface area contributed by atoms with Crippen LogP contribution in [-0.2, 0) is 11.2 Å². The molecule has 0 fully saturated rings. The number of carbonyl (C=O) groups is 1. The Morgan fingerprint density at radius 1 is 1.13 bits per heavy atom. The molecule has 2 aromatic rings. The smallest absolute Gasteiger partial charge is 0.224 e. The molecule has 0 spiro atoms. The van der Waals surface area contributed by atoms with Crippen molar-refractivity contribution < 1.29 is 4.79 Å². The topological polar surface area (TPSA) is 55.1 Å². The predicted octanol–water partition coefficient (Wildman–Crippen LogP) is 4.02. The molecule has 3 nitrogen and oxygen atoms in total. The molecule has 3 heteroatoms. The summed E-state index contributed by atoms with van der Waals surface area (Å²) in [7, 11) is 0. The number of rotatable bonds is 4. The highest BCUT2D eigenvalue weighted by molar-refractivity contribution is 5.79. The number of benzene rings is 2. The number of carbonyl (C=O) groups excluding carboxylic acids is 1. The van der Waals surface area contributed by atoms with E-state index in [1.54, 1.807) is 0 Å². The fourth-order valence-corrected chi connectivity index (χ4v) is 2.68. The second-order valence-electron chi connectivity index (χ2n) is 7.20. The average molecular weight is 310 g/mol. The van der Waals surface area contributed by atoms with Gasteiger partial charge in [-0.15, -0.1) is 0 Å². The van der Waals surface area contributed by atoms with Crippen LogP contribution in [0.3, 0.4) is 0 Å². The first kappa shape index (κ1) is 17.1. The van der Waals surface area contributed by atoms with Gasteiger partial charge in [0.15, 0.2) is 0 Å². The first-order valence-electron chi connectivity index (χ1n) is 7.96. The third-order valence-electron chi connectivity index (χ3n) is 3.89. The first-order chi connectivity index (χ1) is 10.8. The molecule has 0 saturated heterocycles. The predicted molar refractivity (Wildman–Crippen MR) is 96.1 cm³/mol. The van der Waals surface area contributed by atoms with Gasteiger partial charge in [0.25, 0.3) is 0 Å². The van der Waals surface area contributed by atoms with Crippen LogP contribution >= 0.6 is 0 Å². The lowest BCUT2D eigenvalue weighted by Gasteiger charge is -2.32. The summed E-state index contributed by atoms with van der Waals surface area (Å²) < 4.78 is 0. The van der Waals surface area contributed by atoms with Crippen LogP contribution in [0.5, 0.6) is 0 Å². The summed E-state index contributed by atoms with van der Waals surface area (Å²) in [6.07, 6.45) is 0.360. The van der Waals surface area contributed by atoms with Crippen molar-refractivity contribution in [1.29, 1.82) is 0 Å². The van der Waals surface area contributed by atoms with Crippen LogP contribution in [0, 0.1) is 12.3 Å².